The van der Waals surface area contributed by atoms with Gasteiger partial charge in [-0.15, -0.1) is 0 Å². The van der Waals surface area contributed by atoms with Crippen molar-refractivity contribution < 1.29 is 9.53 Å². The van der Waals surface area contributed by atoms with Crippen LogP contribution in [0.15, 0.2) is 0 Å². The number of carbonyl (C=O) groups is 1. The molecule has 6 nitrogen and oxygen atoms in total. The van der Waals surface area contributed by atoms with Gasteiger partial charge in [-0.1, -0.05) is 6.92 Å². The molecule has 112 valence electrons. The second-order valence-corrected chi connectivity index (χ2v) is 5.55. The average Bonchev–Trinajstić information content (AvgIpc) is 2.82. The van der Waals surface area contributed by atoms with Gasteiger partial charge < -0.3 is 15.4 Å². The third-order valence-corrected chi connectivity index (χ3v) is 4.30. The number of aromatic nitrogens is 1. The molecule has 1 saturated heterocycles. The maximum absolute atomic E-state index is 12.0. The number of ether oxygens (including phenoxy) is 1. The quantitative estimate of drug-likeness (QED) is 0.829. The molecule has 2 rings (SSSR count). The first kappa shape index (κ1) is 15.1. The number of nitrogen functional groups attached to an aromatic ring is 1. The van der Waals surface area contributed by atoms with Gasteiger partial charge in [0.25, 0.3) is 0 Å². The van der Waals surface area contributed by atoms with Crippen LogP contribution in [0, 0.1) is 0 Å². The fourth-order valence-corrected chi connectivity index (χ4v) is 3.25. The third-order valence-electron chi connectivity index (χ3n) is 3.38. The number of carbonyl (C=O) groups excluding carboxylic acids is 1. The number of nitrogens with two attached hydrogens (primary N) is 1. The molecule has 0 saturated carbocycles. The normalized spacial score (nSPS) is 16.4. The van der Waals surface area contributed by atoms with E-state index in [1.165, 1.54) is 18.0 Å². The van der Waals surface area contributed by atoms with Crippen molar-refractivity contribution in [2.24, 2.45) is 0 Å². The summed E-state index contributed by atoms with van der Waals surface area (Å²) in [6.45, 7) is 9.26. The Balaban J connectivity index is 2.08. The van der Waals surface area contributed by atoms with Crippen LogP contribution in [0.3, 0.4) is 0 Å². The van der Waals surface area contributed by atoms with Crippen LogP contribution >= 0.6 is 11.5 Å². The molecule has 1 aliphatic rings. The van der Waals surface area contributed by atoms with Gasteiger partial charge in [-0.3, -0.25) is 4.90 Å². The van der Waals surface area contributed by atoms with Gasteiger partial charge >= 0.3 is 5.97 Å². The van der Waals surface area contributed by atoms with Crippen LogP contribution in [-0.2, 0) is 4.74 Å². The van der Waals surface area contributed by atoms with E-state index < -0.39 is 0 Å². The smallest absolute Gasteiger partial charge is 0.345 e. The van der Waals surface area contributed by atoms with Gasteiger partial charge in [0.1, 0.15) is 10.6 Å². The van der Waals surface area contributed by atoms with Crippen molar-refractivity contribution >= 4 is 28.3 Å². The number of esters is 1. The van der Waals surface area contributed by atoms with E-state index in [4.69, 9.17) is 10.5 Å². The predicted molar refractivity (Wildman–Crippen MR) is 81.4 cm³/mol. The minimum absolute atomic E-state index is 0.277. The lowest BCUT2D eigenvalue weighted by Crippen LogP contribution is -2.46. The zero-order chi connectivity index (χ0) is 14.5. The van der Waals surface area contributed by atoms with E-state index in [1.54, 1.807) is 6.92 Å². The highest BCUT2D eigenvalue weighted by Gasteiger charge is 2.26. The Morgan fingerprint density at radius 2 is 2.05 bits per heavy atom. The fourth-order valence-electron chi connectivity index (χ4n) is 2.40. The minimum atomic E-state index is -0.371. The molecule has 1 fully saturated rings. The van der Waals surface area contributed by atoms with Gasteiger partial charge in [-0.2, -0.15) is 4.37 Å². The Kier molecular flexibility index (Phi) is 5.19. The van der Waals surface area contributed by atoms with Crippen LogP contribution in [0.4, 0.5) is 10.8 Å². The summed E-state index contributed by atoms with van der Waals surface area (Å²) in [5, 5.41) is 0.845. The number of anilines is 2. The zero-order valence-electron chi connectivity index (χ0n) is 12.1. The highest BCUT2D eigenvalue weighted by Crippen LogP contribution is 2.31. The standard InChI is InChI=1S/C13H22N4O2S/c1-3-5-16-6-8-17(9-7-16)12-10(11(14)15-20-12)13(18)19-4-2/h3-9H2,1-2H3,(H2,14,15). The molecule has 0 aromatic carbocycles. The van der Waals surface area contributed by atoms with Crippen molar-refractivity contribution in [3.05, 3.63) is 5.56 Å². The number of nitrogens with zero attached hydrogens (tertiary/aromatic N) is 3. The first-order valence-corrected chi connectivity index (χ1v) is 7.84. The lowest BCUT2D eigenvalue weighted by Gasteiger charge is -2.35. The largest absolute Gasteiger partial charge is 0.462 e. The molecule has 2 N–H and O–H groups in total. The number of rotatable bonds is 5. The minimum Gasteiger partial charge on any atom is -0.462 e. The lowest BCUT2D eigenvalue weighted by molar-refractivity contribution is 0.0528. The van der Waals surface area contributed by atoms with Crippen molar-refractivity contribution in [1.29, 1.82) is 0 Å². The predicted octanol–water partition coefficient (Wildman–Crippen LogP) is 1.43. The molecule has 0 spiro atoms. The SMILES string of the molecule is CCCN1CCN(c2snc(N)c2C(=O)OCC)CC1. The van der Waals surface area contributed by atoms with E-state index in [0.29, 0.717) is 12.2 Å². The Bertz CT molecular complexity index is 455. The van der Waals surface area contributed by atoms with Crippen LogP contribution in [0.2, 0.25) is 0 Å². The Labute approximate surface area is 123 Å². The summed E-state index contributed by atoms with van der Waals surface area (Å²) in [4.78, 5) is 16.6. The van der Waals surface area contributed by atoms with Gasteiger partial charge in [0.05, 0.1) is 6.61 Å². The van der Waals surface area contributed by atoms with Crippen molar-refractivity contribution in [2.45, 2.75) is 20.3 Å². The van der Waals surface area contributed by atoms with E-state index >= 15 is 0 Å². The van der Waals surface area contributed by atoms with Crippen molar-refractivity contribution in [3.8, 4) is 0 Å². The summed E-state index contributed by atoms with van der Waals surface area (Å²) >= 11 is 1.28. The maximum Gasteiger partial charge on any atom is 0.345 e. The molecule has 0 amide bonds. The van der Waals surface area contributed by atoms with Gasteiger partial charge in [-0.05, 0) is 31.4 Å². The zero-order valence-corrected chi connectivity index (χ0v) is 12.9. The molecule has 0 radical (unpaired) electrons. The highest BCUT2D eigenvalue weighted by atomic mass is 32.1. The van der Waals surface area contributed by atoms with E-state index in [0.717, 1.165) is 37.7 Å². The molecule has 1 aliphatic heterocycles. The van der Waals surface area contributed by atoms with Crippen LogP contribution < -0.4 is 10.6 Å². The molecule has 0 atom stereocenters. The molecular weight excluding hydrogens is 276 g/mol. The summed E-state index contributed by atoms with van der Waals surface area (Å²) in [5.74, 6) is -0.0934. The van der Waals surface area contributed by atoms with E-state index in [-0.39, 0.29) is 11.8 Å². The molecule has 2 heterocycles. The first-order chi connectivity index (χ1) is 9.67. The molecule has 0 bridgehead atoms. The molecule has 0 unspecified atom stereocenters. The highest BCUT2D eigenvalue weighted by molar-refractivity contribution is 7.11. The summed E-state index contributed by atoms with van der Waals surface area (Å²) in [6.07, 6.45) is 1.17. The molecule has 20 heavy (non-hydrogen) atoms. The number of piperazine rings is 1. The van der Waals surface area contributed by atoms with E-state index in [9.17, 15) is 4.79 Å². The first-order valence-electron chi connectivity index (χ1n) is 7.06. The Hall–Kier alpha value is -1.34. The van der Waals surface area contributed by atoms with Crippen LogP contribution in [0.1, 0.15) is 30.6 Å². The lowest BCUT2D eigenvalue weighted by atomic mass is 10.2. The van der Waals surface area contributed by atoms with E-state index in [1.807, 2.05) is 0 Å². The summed E-state index contributed by atoms with van der Waals surface area (Å²) in [7, 11) is 0. The second-order valence-electron chi connectivity index (χ2n) is 4.80. The second kappa shape index (κ2) is 6.90. The summed E-state index contributed by atoms with van der Waals surface area (Å²) in [6, 6.07) is 0. The van der Waals surface area contributed by atoms with Gasteiger partial charge in [0.15, 0.2) is 5.82 Å². The number of hydrogen-bond acceptors (Lipinski definition) is 7. The number of hydrogen-bond donors (Lipinski definition) is 1. The van der Waals surface area contributed by atoms with Crippen molar-refractivity contribution in [3.63, 3.8) is 0 Å². The molecular formula is C13H22N4O2S. The Morgan fingerprint density at radius 3 is 2.65 bits per heavy atom. The van der Waals surface area contributed by atoms with Crippen LogP contribution in [0.5, 0.6) is 0 Å². The van der Waals surface area contributed by atoms with Gasteiger partial charge in [0.2, 0.25) is 0 Å². The van der Waals surface area contributed by atoms with Gasteiger partial charge in [-0.25, -0.2) is 4.79 Å². The molecule has 1 aromatic heterocycles. The fraction of sp³-hybridized carbons (Fsp3) is 0.692. The van der Waals surface area contributed by atoms with Crippen molar-refractivity contribution in [2.75, 3.05) is 50.0 Å². The topological polar surface area (TPSA) is 71.7 Å². The van der Waals surface area contributed by atoms with Crippen LogP contribution in [0.25, 0.3) is 0 Å². The molecule has 0 aliphatic carbocycles. The molecule has 1 aromatic rings. The summed E-state index contributed by atoms with van der Waals surface area (Å²) < 4.78 is 9.18. The molecule has 7 heteroatoms. The summed E-state index contributed by atoms with van der Waals surface area (Å²) in [5.41, 5.74) is 6.25. The van der Waals surface area contributed by atoms with Gasteiger partial charge in [0, 0.05) is 26.2 Å². The van der Waals surface area contributed by atoms with Crippen LogP contribution in [-0.4, -0.2) is 54.6 Å². The van der Waals surface area contributed by atoms with E-state index in [2.05, 4.69) is 21.1 Å². The average molecular weight is 298 g/mol. The Morgan fingerprint density at radius 1 is 1.35 bits per heavy atom. The van der Waals surface area contributed by atoms with Crippen molar-refractivity contribution in [1.82, 2.24) is 9.27 Å². The third kappa shape index (κ3) is 3.21. The monoisotopic (exact) mass is 298 g/mol. The maximum atomic E-state index is 12.0.